The molecule has 6 unspecified atom stereocenters. The van der Waals surface area contributed by atoms with Gasteiger partial charge in [-0.2, -0.15) is 0 Å². The molecule has 0 aromatic heterocycles. The maximum Gasteiger partial charge on any atom is 0.253 e. The first-order valence-corrected chi connectivity index (χ1v) is 26.0. The molecule has 13 N–H and O–H groups in total. The Bertz CT molecular complexity index is 1860. The summed E-state index contributed by atoms with van der Waals surface area (Å²) in [7, 11) is 0. The standard InChI is InChI=1S/C38H49I6N6O17/c1-15(55)49(33-29(41)23(35(63)45-3-17(57)9-51)27(39)24(30(33)42)36(64)46-4-18(58)10-52)7-21(61)13-67-14-22(62)8-50(16(2)56)34-31(43)25(37(65)47-5-19(59)11-53)28(40)26(32(34)44)38(66)48-6-20(60)12-54/h17-22,51-53,57-62H,3-14H2,1-2H3,(H,45,63)(H,46,64)(H,47,65)(H,48,66). The number of hydrogen-bond acceptors (Lipinski definition) is 16. The molecular weight excluding hydrogens is 1570 g/mol. The van der Waals surface area contributed by atoms with Crippen LogP contribution in [-0.4, -0.2) is 197 Å². The van der Waals surface area contributed by atoms with Gasteiger partial charge in [0, 0.05) is 47.2 Å². The number of aliphatic hydroxyl groups excluding tert-OH is 9. The molecule has 2 aromatic carbocycles. The quantitative estimate of drug-likeness (QED) is 0.0464. The number of rotatable bonds is 26. The lowest BCUT2D eigenvalue weighted by Gasteiger charge is -2.30. The van der Waals surface area contributed by atoms with Gasteiger partial charge in [-0.15, -0.1) is 0 Å². The highest BCUT2D eigenvalue weighted by atomic mass is 127. The monoisotopic (exact) mass is 1620 g/mol. The molecule has 0 aliphatic heterocycles. The number of nitrogens with zero attached hydrogens (tertiary/aromatic N) is 2. The molecule has 0 heterocycles. The van der Waals surface area contributed by atoms with Gasteiger partial charge in [-0.3, -0.25) is 28.8 Å². The summed E-state index contributed by atoms with van der Waals surface area (Å²) in [5.74, 6) is -4.48. The van der Waals surface area contributed by atoms with Crippen molar-refractivity contribution >= 4 is 182 Å². The van der Waals surface area contributed by atoms with Gasteiger partial charge >= 0.3 is 0 Å². The van der Waals surface area contributed by atoms with Crippen molar-refractivity contribution in [2.24, 2.45) is 0 Å². The first kappa shape index (κ1) is 62.3. The van der Waals surface area contributed by atoms with Crippen LogP contribution in [0.15, 0.2) is 0 Å². The van der Waals surface area contributed by atoms with E-state index >= 15 is 0 Å². The SMILES string of the molecule is CC(=O)N(CC(O)COCC(O)CN(C(C)=O)c1c(I)c(C(=O)NCC(O)CO)c(I)c(C(=O)NCC(O)CO)c1I)c1c(I)c(C(=O)NCC(O)C[O])c(I)c(C(=O)NCC(O)CO)c1I. The Morgan fingerprint density at radius 1 is 0.463 bits per heavy atom. The van der Waals surface area contributed by atoms with E-state index in [0.29, 0.717) is 0 Å². The summed E-state index contributed by atoms with van der Waals surface area (Å²) in [6.45, 7) is -4.14. The molecule has 1 radical (unpaired) electrons. The van der Waals surface area contributed by atoms with Crippen LogP contribution in [0.3, 0.4) is 0 Å². The van der Waals surface area contributed by atoms with Crippen molar-refractivity contribution in [2.75, 3.05) is 88.7 Å². The van der Waals surface area contributed by atoms with Crippen LogP contribution in [0.2, 0.25) is 0 Å². The maximum atomic E-state index is 13.5. The second kappa shape index (κ2) is 30.3. The lowest BCUT2D eigenvalue weighted by Crippen LogP contribution is -2.42. The largest absolute Gasteiger partial charge is 0.394 e. The van der Waals surface area contributed by atoms with Crippen LogP contribution in [0.4, 0.5) is 11.4 Å². The molecule has 0 spiro atoms. The van der Waals surface area contributed by atoms with Crippen molar-refractivity contribution in [2.45, 2.75) is 50.5 Å². The Balaban J connectivity index is 2.50. The highest BCUT2D eigenvalue weighted by Crippen LogP contribution is 2.40. The van der Waals surface area contributed by atoms with Crippen molar-refractivity contribution < 1.29 is 84.6 Å². The summed E-state index contributed by atoms with van der Waals surface area (Å²) in [4.78, 5) is 82.9. The molecule has 29 heteroatoms. The Hall–Kier alpha value is -0.800. The van der Waals surface area contributed by atoms with E-state index in [1.165, 1.54) is 6.92 Å². The average Bonchev–Trinajstić information content (AvgIpc) is 3.27. The van der Waals surface area contributed by atoms with Gasteiger partial charge in [-0.05, 0) is 136 Å². The number of hydrogen-bond donors (Lipinski definition) is 13. The zero-order chi connectivity index (χ0) is 51.0. The first-order valence-electron chi connectivity index (χ1n) is 19.6. The first-order chi connectivity index (χ1) is 31.4. The van der Waals surface area contributed by atoms with Crippen LogP contribution in [0.25, 0.3) is 0 Å². The highest BCUT2D eigenvalue weighted by molar-refractivity contribution is 14.1. The fourth-order valence-electron chi connectivity index (χ4n) is 5.64. The number of amides is 6. The molecule has 6 amide bonds. The third-order valence-electron chi connectivity index (χ3n) is 9.02. The van der Waals surface area contributed by atoms with Crippen molar-refractivity contribution in [3.05, 3.63) is 43.7 Å². The van der Waals surface area contributed by atoms with Crippen LogP contribution in [0, 0.1) is 21.4 Å². The van der Waals surface area contributed by atoms with Crippen LogP contribution in [-0.2, 0) is 19.4 Å². The fourth-order valence-corrected chi connectivity index (χ4v) is 15.1. The van der Waals surface area contributed by atoms with Crippen molar-refractivity contribution in [3.63, 3.8) is 0 Å². The summed E-state index contributed by atoms with van der Waals surface area (Å²) in [5.41, 5.74) is -0.367. The van der Waals surface area contributed by atoms with E-state index in [0.717, 1.165) is 16.7 Å². The average molecular weight is 1620 g/mol. The number of nitrogens with one attached hydrogen (secondary N) is 4. The normalized spacial score (nSPS) is 14.0. The predicted molar refractivity (Wildman–Crippen MR) is 288 cm³/mol. The highest BCUT2D eigenvalue weighted by Gasteiger charge is 2.34. The Labute approximate surface area is 465 Å². The lowest BCUT2D eigenvalue weighted by molar-refractivity contribution is -0.117. The molecule has 6 atom stereocenters. The molecule has 375 valence electrons. The number of halogens is 6. The molecule has 0 aliphatic carbocycles. The summed E-state index contributed by atoms with van der Waals surface area (Å²) in [6, 6.07) is 0. The second-order valence-corrected chi connectivity index (χ2v) is 20.8. The van der Waals surface area contributed by atoms with Gasteiger partial charge in [0.05, 0.1) is 131 Å². The van der Waals surface area contributed by atoms with Gasteiger partial charge in [0.15, 0.2) is 0 Å². The van der Waals surface area contributed by atoms with Gasteiger partial charge in [0.2, 0.25) is 11.8 Å². The molecule has 67 heavy (non-hydrogen) atoms. The summed E-state index contributed by atoms with van der Waals surface area (Å²) in [5, 5.41) is 111. The van der Waals surface area contributed by atoms with E-state index in [4.69, 9.17) is 4.74 Å². The number of benzene rings is 2. The summed E-state index contributed by atoms with van der Waals surface area (Å²) in [6.07, 6.45) is -8.35. The Morgan fingerprint density at radius 3 is 0.940 bits per heavy atom. The zero-order valence-electron chi connectivity index (χ0n) is 35.4. The minimum atomic E-state index is -1.48. The van der Waals surface area contributed by atoms with E-state index in [-0.39, 0.29) is 74.7 Å². The fraction of sp³-hybridized carbons (Fsp3) is 0.526. The third-order valence-corrected chi connectivity index (χ3v) is 15.4. The molecule has 23 nitrogen and oxygen atoms in total. The molecule has 0 fully saturated rings. The van der Waals surface area contributed by atoms with E-state index in [1.54, 1.807) is 136 Å². The van der Waals surface area contributed by atoms with Gasteiger partial charge in [0.1, 0.15) is 6.61 Å². The van der Waals surface area contributed by atoms with E-state index in [9.17, 15) is 79.8 Å². The van der Waals surface area contributed by atoms with Crippen LogP contribution in [0.1, 0.15) is 55.3 Å². The topological polar surface area (TPSA) is 368 Å². The Kier molecular flexibility index (Phi) is 28.2. The number of aliphatic hydroxyl groups is 9. The molecule has 0 aliphatic rings. The minimum Gasteiger partial charge on any atom is -0.394 e. The summed E-state index contributed by atoms with van der Waals surface area (Å²) < 4.78 is 6.45. The van der Waals surface area contributed by atoms with E-state index in [1.807, 2.05) is 0 Å². The zero-order valence-corrected chi connectivity index (χ0v) is 48.3. The second-order valence-electron chi connectivity index (χ2n) is 14.4. The lowest BCUT2D eigenvalue weighted by atomic mass is 10.1. The number of carbonyl (C=O) groups is 6. The van der Waals surface area contributed by atoms with Crippen molar-refractivity contribution in [1.82, 2.24) is 21.3 Å². The molecule has 2 rings (SSSR count). The number of anilines is 2. The van der Waals surface area contributed by atoms with Crippen molar-refractivity contribution in [3.8, 4) is 0 Å². The van der Waals surface area contributed by atoms with Crippen LogP contribution >= 0.6 is 136 Å². The molecule has 0 saturated heterocycles. The van der Waals surface area contributed by atoms with Gasteiger partial charge in [-0.1, -0.05) is 0 Å². The molecule has 2 aromatic rings. The summed E-state index contributed by atoms with van der Waals surface area (Å²) >= 11 is 10.7. The number of carbonyl (C=O) groups excluding carboxylic acids is 6. The molecular formula is C38H49I6N6O17. The van der Waals surface area contributed by atoms with Crippen LogP contribution < -0.4 is 31.1 Å². The smallest absolute Gasteiger partial charge is 0.253 e. The number of ether oxygens (including phenoxy) is 1. The van der Waals surface area contributed by atoms with Gasteiger partial charge in [0.25, 0.3) is 23.6 Å². The predicted octanol–water partition coefficient (Wildman–Crippen LogP) is -1.77. The maximum absolute atomic E-state index is 13.5. The van der Waals surface area contributed by atoms with Crippen molar-refractivity contribution in [1.29, 1.82) is 0 Å². The van der Waals surface area contributed by atoms with E-state index in [2.05, 4.69) is 21.3 Å². The third kappa shape index (κ3) is 17.7. The molecule has 0 saturated carbocycles. The van der Waals surface area contributed by atoms with Gasteiger partial charge in [-0.25, -0.2) is 5.11 Å². The van der Waals surface area contributed by atoms with Crippen LogP contribution in [0.5, 0.6) is 0 Å². The van der Waals surface area contributed by atoms with Gasteiger partial charge < -0.3 is 81.8 Å². The minimum absolute atomic E-state index is 0.0182. The Morgan fingerprint density at radius 2 is 0.716 bits per heavy atom. The van der Waals surface area contributed by atoms with E-state index < -0.39 is 131 Å². The molecule has 0 bridgehead atoms.